The molecule has 1 aromatic heterocycles. The molecule has 0 fully saturated rings. The van der Waals surface area contributed by atoms with E-state index in [1.807, 2.05) is 20.8 Å². The number of rotatable bonds is 6. The Balaban J connectivity index is 2.71. The molecule has 6 heteroatoms. The summed E-state index contributed by atoms with van der Waals surface area (Å²) < 4.78 is 5.31. The third-order valence-corrected chi connectivity index (χ3v) is 2.36. The fourth-order valence-corrected chi connectivity index (χ4v) is 1.48. The summed E-state index contributed by atoms with van der Waals surface area (Å²) in [5.41, 5.74) is 6.22. The Bertz CT molecular complexity index is 435. The number of amides is 1. The number of anilines is 2. The molecule has 0 saturated heterocycles. The van der Waals surface area contributed by atoms with Crippen molar-refractivity contribution in [2.45, 2.75) is 39.8 Å². The highest BCUT2D eigenvalue weighted by Crippen LogP contribution is 2.21. The number of hydrogen-bond acceptors (Lipinski definition) is 5. The Morgan fingerprint density at radius 1 is 1.42 bits per heavy atom. The fourth-order valence-electron chi connectivity index (χ4n) is 1.48. The van der Waals surface area contributed by atoms with Gasteiger partial charge in [0.05, 0.1) is 12.3 Å². The van der Waals surface area contributed by atoms with Gasteiger partial charge >= 0.3 is 0 Å². The van der Waals surface area contributed by atoms with Gasteiger partial charge in [-0.3, -0.25) is 4.79 Å². The summed E-state index contributed by atoms with van der Waals surface area (Å²) in [6, 6.07) is 3.15. The smallest absolute Gasteiger partial charge is 0.242 e. The Hall–Kier alpha value is -1.98. The van der Waals surface area contributed by atoms with Gasteiger partial charge in [-0.25, -0.2) is 0 Å². The molecule has 1 rings (SSSR count). The first-order valence-electron chi connectivity index (χ1n) is 6.40. The zero-order valence-electron chi connectivity index (χ0n) is 11.9. The molecule has 0 spiro atoms. The van der Waals surface area contributed by atoms with Crippen molar-refractivity contribution < 1.29 is 9.53 Å². The van der Waals surface area contributed by atoms with Crippen molar-refractivity contribution in [1.29, 1.82) is 0 Å². The summed E-state index contributed by atoms with van der Waals surface area (Å²) in [7, 11) is 0. The minimum atomic E-state index is -0.381. The average molecular weight is 266 g/mol. The van der Waals surface area contributed by atoms with Gasteiger partial charge in [0.2, 0.25) is 11.8 Å². The highest BCUT2D eigenvalue weighted by Gasteiger charge is 2.14. The van der Waals surface area contributed by atoms with Crippen molar-refractivity contribution in [2.24, 2.45) is 0 Å². The maximum Gasteiger partial charge on any atom is 0.242 e. The molecule has 1 atom stereocenters. The van der Waals surface area contributed by atoms with Crippen LogP contribution in [0.15, 0.2) is 12.1 Å². The third-order valence-electron chi connectivity index (χ3n) is 2.36. The van der Waals surface area contributed by atoms with Crippen LogP contribution >= 0.6 is 0 Å². The van der Waals surface area contributed by atoms with Crippen LogP contribution in [0.3, 0.4) is 0 Å². The molecule has 1 heterocycles. The van der Waals surface area contributed by atoms with E-state index in [0.717, 1.165) is 0 Å². The van der Waals surface area contributed by atoms with Crippen molar-refractivity contribution in [3.8, 4) is 5.88 Å². The molecule has 106 valence electrons. The summed E-state index contributed by atoms with van der Waals surface area (Å²) in [6.07, 6.45) is 0. The van der Waals surface area contributed by atoms with Crippen LogP contribution in [-0.4, -0.2) is 29.6 Å². The molecule has 0 radical (unpaired) electrons. The van der Waals surface area contributed by atoms with E-state index in [1.165, 1.54) is 0 Å². The van der Waals surface area contributed by atoms with E-state index in [-0.39, 0.29) is 18.0 Å². The van der Waals surface area contributed by atoms with Crippen LogP contribution in [-0.2, 0) is 4.79 Å². The second-order valence-corrected chi connectivity index (χ2v) is 4.55. The van der Waals surface area contributed by atoms with E-state index in [1.54, 1.807) is 19.1 Å². The molecular formula is C13H22N4O2. The number of nitrogens with one attached hydrogen (secondary N) is 2. The third kappa shape index (κ3) is 4.65. The van der Waals surface area contributed by atoms with Crippen molar-refractivity contribution >= 4 is 17.4 Å². The maximum atomic E-state index is 11.8. The number of carbonyl (C=O) groups excluding carboxylic acids is 1. The topological polar surface area (TPSA) is 89.3 Å². The van der Waals surface area contributed by atoms with Gasteiger partial charge in [-0.2, -0.15) is 4.98 Å². The number of hydrogen-bond donors (Lipinski definition) is 3. The zero-order chi connectivity index (χ0) is 14.4. The summed E-state index contributed by atoms with van der Waals surface area (Å²) in [5, 5.41) is 5.84. The lowest BCUT2D eigenvalue weighted by atomic mass is 10.2. The molecule has 0 aliphatic heterocycles. The summed E-state index contributed by atoms with van der Waals surface area (Å²) >= 11 is 0. The minimum absolute atomic E-state index is 0.0772. The normalized spacial score (nSPS) is 12.1. The monoisotopic (exact) mass is 266 g/mol. The van der Waals surface area contributed by atoms with Gasteiger partial charge in [-0.05, 0) is 39.8 Å². The lowest BCUT2D eigenvalue weighted by Crippen LogP contribution is -2.41. The van der Waals surface area contributed by atoms with Crippen LogP contribution in [0.1, 0.15) is 27.7 Å². The predicted molar refractivity (Wildman–Crippen MR) is 76.2 cm³/mol. The molecule has 0 aliphatic carbocycles. The Morgan fingerprint density at radius 3 is 2.68 bits per heavy atom. The van der Waals surface area contributed by atoms with Crippen LogP contribution < -0.4 is 21.1 Å². The molecule has 4 N–H and O–H groups in total. The molecule has 1 unspecified atom stereocenters. The molecule has 1 aromatic rings. The number of nitrogen functional groups attached to an aromatic ring is 1. The number of carbonyl (C=O) groups is 1. The largest absolute Gasteiger partial charge is 0.476 e. The summed E-state index contributed by atoms with van der Waals surface area (Å²) in [4.78, 5) is 16.0. The fraction of sp³-hybridized carbons (Fsp3) is 0.538. The Morgan fingerprint density at radius 2 is 2.11 bits per heavy atom. The van der Waals surface area contributed by atoms with Crippen LogP contribution in [0.25, 0.3) is 0 Å². The standard InChI is InChI=1S/C13H22N4O2/c1-5-19-13-10(14)6-7-11(17-13)16-9(4)12(18)15-8(2)3/h6-9H,5,14H2,1-4H3,(H,15,18)(H,16,17). The first-order chi connectivity index (χ1) is 8.93. The molecule has 0 bridgehead atoms. The van der Waals surface area contributed by atoms with Gasteiger partial charge in [0.1, 0.15) is 11.9 Å². The molecule has 6 nitrogen and oxygen atoms in total. The Kier molecular flexibility index (Phi) is 5.41. The maximum absolute atomic E-state index is 11.8. The number of nitrogens with zero attached hydrogens (tertiary/aromatic N) is 1. The number of pyridine rings is 1. The highest BCUT2D eigenvalue weighted by molar-refractivity contribution is 5.84. The highest BCUT2D eigenvalue weighted by atomic mass is 16.5. The number of nitrogens with two attached hydrogens (primary N) is 1. The van der Waals surface area contributed by atoms with Gasteiger partial charge in [-0.15, -0.1) is 0 Å². The number of ether oxygens (including phenoxy) is 1. The second kappa shape index (κ2) is 6.82. The van der Waals surface area contributed by atoms with Gasteiger partial charge in [0.25, 0.3) is 0 Å². The second-order valence-electron chi connectivity index (χ2n) is 4.55. The van der Waals surface area contributed by atoms with Gasteiger partial charge in [-0.1, -0.05) is 0 Å². The first kappa shape index (κ1) is 15.1. The van der Waals surface area contributed by atoms with E-state index in [2.05, 4.69) is 15.6 Å². The van der Waals surface area contributed by atoms with Crippen molar-refractivity contribution in [2.75, 3.05) is 17.7 Å². The van der Waals surface area contributed by atoms with Crippen molar-refractivity contribution in [3.05, 3.63) is 12.1 Å². The molecule has 0 saturated carbocycles. The van der Waals surface area contributed by atoms with Crippen LogP contribution in [0.5, 0.6) is 5.88 Å². The van der Waals surface area contributed by atoms with E-state index in [4.69, 9.17) is 10.5 Å². The van der Waals surface area contributed by atoms with Crippen molar-refractivity contribution in [3.63, 3.8) is 0 Å². The van der Waals surface area contributed by atoms with E-state index in [0.29, 0.717) is 24.0 Å². The Labute approximate surface area is 113 Å². The van der Waals surface area contributed by atoms with Crippen LogP contribution in [0.2, 0.25) is 0 Å². The SMILES string of the molecule is CCOc1nc(NC(C)C(=O)NC(C)C)ccc1N. The molecule has 1 amide bonds. The zero-order valence-corrected chi connectivity index (χ0v) is 11.9. The van der Waals surface area contributed by atoms with Crippen LogP contribution in [0.4, 0.5) is 11.5 Å². The first-order valence-corrected chi connectivity index (χ1v) is 6.40. The quantitative estimate of drug-likeness (QED) is 0.724. The molecule has 0 aromatic carbocycles. The van der Waals surface area contributed by atoms with Crippen LogP contribution in [0, 0.1) is 0 Å². The van der Waals surface area contributed by atoms with E-state index >= 15 is 0 Å². The number of aromatic nitrogens is 1. The van der Waals surface area contributed by atoms with E-state index in [9.17, 15) is 4.79 Å². The average Bonchev–Trinajstić information content (AvgIpc) is 2.32. The van der Waals surface area contributed by atoms with Crippen molar-refractivity contribution in [1.82, 2.24) is 10.3 Å². The van der Waals surface area contributed by atoms with E-state index < -0.39 is 0 Å². The predicted octanol–water partition coefficient (Wildman–Crippen LogP) is 1.39. The van der Waals surface area contributed by atoms with Gasteiger partial charge < -0.3 is 21.1 Å². The minimum Gasteiger partial charge on any atom is -0.476 e. The molecular weight excluding hydrogens is 244 g/mol. The molecule has 19 heavy (non-hydrogen) atoms. The van der Waals surface area contributed by atoms with Gasteiger partial charge in [0.15, 0.2) is 0 Å². The summed E-state index contributed by atoms with van der Waals surface area (Å²) in [5.74, 6) is 0.861. The molecule has 0 aliphatic rings. The summed E-state index contributed by atoms with van der Waals surface area (Å²) in [6.45, 7) is 7.96. The van der Waals surface area contributed by atoms with Gasteiger partial charge in [0, 0.05) is 6.04 Å². The lowest BCUT2D eigenvalue weighted by Gasteiger charge is -2.17. The lowest BCUT2D eigenvalue weighted by molar-refractivity contribution is -0.122.